The summed E-state index contributed by atoms with van der Waals surface area (Å²) < 4.78 is 5.30. The molecule has 2 fully saturated rings. The van der Waals surface area contributed by atoms with Crippen molar-refractivity contribution < 1.29 is 14.9 Å². The molecule has 0 radical (unpaired) electrons. The second-order valence-electron chi connectivity index (χ2n) is 4.38. The molecule has 2 aliphatic rings. The number of rotatable bonds is 2. The first kappa shape index (κ1) is 10.7. The maximum absolute atomic E-state index is 10.5. The van der Waals surface area contributed by atoms with Crippen LogP contribution in [0.2, 0.25) is 0 Å². The smallest absolute Gasteiger partial charge is 0.0825 e. The summed E-state index contributed by atoms with van der Waals surface area (Å²) in [7, 11) is 0. The molecule has 2 aliphatic heterocycles. The lowest BCUT2D eigenvalue weighted by Gasteiger charge is -2.46. The van der Waals surface area contributed by atoms with E-state index in [4.69, 9.17) is 4.74 Å². The van der Waals surface area contributed by atoms with Crippen LogP contribution < -0.4 is 0 Å². The molecule has 2 heterocycles. The van der Waals surface area contributed by atoms with E-state index in [1.807, 2.05) is 0 Å². The first-order chi connectivity index (χ1) is 6.72. The van der Waals surface area contributed by atoms with Gasteiger partial charge in [-0.3, -0.25) is 0 Å². The highest BCUT2D eigenvalue weighted by Crippen LogP contribution is 2.47. The normalized spacial score (nSPS) is 37.3. The molecule has 2 rings (SSSR count). The zero-order valence-electron chi connectivity index (χ0n) is 8.37. The van der Waals surface area contributed by atoms with Crippen LogP contribution in [0.4, 0.5) is 0 Å². The number of aliphatic hydroxyl groups is 2. The van der Waals surface area contributed by atoms with E-state index >= 15 is 0 Å². The van der Waals surface area contributed by atoms with Crippen molar-refractivity contribution in [1.82, 2.24) is 0 Å². The summed E-state index contributed by atoms with van der Waals surface area (Å²) in [4.78, 5) is 0. The van der Waals surface area contributed by atoms with Gasteiger partial charge in [-0.05, 0) is 25.0 Å². The Kier molecular flexibility index (Phi) is 3.07. The van der Waals surface area contributed by atoms with Gasteiger partial charge in [0.2, 0.25) is 0 Å². The molecular formula is C10H18O3S. The molecule has 3 nitrogen and oxygen atoms in total. The lowest BCUT2D eigenvalue weighted by molar-refractivity contribution is -0.139. The maximum Gasteiger partial charge on any atom is 0.0825 e. The van der Waals surface area contributed by atoms with Crippen molar-refractivity contribution in [3.63, 3.8) is 0 Å². The quantitative estimate of drug-likeness (QED) is 0.714. The molecule has 0 aliphatic carbocycles. The Morgan fingerprint density at radius 2 is 1.93 bits per heavy atom. The monoisotopic (exact) mass is 218 g/mol. The van der Waals surface area contributed by atoms with Gasteiger partial charge in [0, 0.05) is 24.4 Å². The van der Waals surface area contributed by atoms with Crippen molar-refractivity contribution >= 4 is 11.8 Å². The predicted octanol–water partition coefficient (Wildman–Crippen LogP) is 0.643. The minimum absolute atomic E-state index is 0.0907. The van der Waals surface area contributed by atoms with Crippen molar-refractivity contribution in [2.45, 2.75) is 24.9 Å². The Hall–Kier alpha value is 0.230. The van der Waals surface area contributed by atoms with Crippen LogP contribution in [0.3, 0.4) is 0 Å². The highest BCUT2D eigenvalue weighted by Gasteiger charge is 2.52. The van der Waals surface area contributed by atoms with Gasteiger partial charge in [0.1, 0.15) is 0 Å². The predicted molar refractivity (Wildman–Crippen MR) is 56.5 cm³/mol. The molecule has 1 atom stereocenters. The van der Waals surface area contributed by atoms with Gasteiger partial charge >= 0.3 is 0 Å². The highest BCUT2D eigenvalue weighted by molar-refractivity contribution is 7.99. The van der Waals surface area contributed by atoms with Crippen molar-refractivity contribution in [3.8, 4) is 0 Å². The largest absolute Gasteiger partial charge is 0.396 e. The van der Waals surface area contributed by atoms with Crippen LogP contribution in [0.1, 0.15) is 19.3 Å². The van der Waals surface area contributed by atoms with E-state index in [9.17, 15) is 10.2 Å². The molecule has 82 valence electrons. The fraction of sp³-hybridized carbons (Fsp3) is 1.00. The first-order valence-electron chi connectivity index (χ1n) is 5.21. The van der Waals surface area contributed by atoms with Gasteiger partial charge in [-0.2, -0.15) is 11.8 Å². The fourth-order valence-electron chi connectivity index (χ4n) is 2.51. The molecule has 0 saturated carbocycles. The van der Waals surface area contributed by atoms with E-state index in [1.165, 1.54) is 0 Å². The Balaban J connectivity index is 2.16. The van der Waals surface area contributed by atoms with E-state index in [2.05, 4.69) is 0 Å². The molecule has 4 heteroatoms. The van der Waals surface area contributed by atoms with Gasteiger partial charge < -0.3 is 14.9 Å². The molecular weight excluding hydrogens is 200 g/mol. The minimum Gasteiger partial charge on any atom is -0.396 e. The highest BCUT2D eigenvalue weighted by atomic mass is 32.2. The summed E-state index contributed by atoms with van der Waals surface area (Å²) >= 11 is 1.79. The standard InChI is InChI=1S/C10H18O3S/c11-7-9(1-4-13-5-2-9)10(12)3-6-14-8-10/h11-12H,1-8H2. The number of thioether (sulfide) groups is 1. The molecule has 0 bridgehead atoms. The van der Waals surface area contributed by atoms with Crippen LogP contribution in [0.25, 0.3) is 0 Å². The molecule has 0 amide bonds. The Bertz CT molecular complexity index is 196. The molecule has 2 saturated heterocycles. The summed E-state index contributed by atoms with van der Waals surface area (Å²) in [6, 6.07) is 0. The van der Waals surface area contributed by atoms with Gasteiger partial charge in [0.15, 0.2) is 0 Å². The van der Waals surface area contributed by atoms with Gasteiger partial charge in [-0.25, -0.2) is 0 Å². The van der Waals surface area contributed by atoms with Gasteiger partial charge in [-0.1, -0.05) is 0 Å². The average Bonchev–Trinajstić information content (AvgIpc) is 2.68. The summed E-state index contributed by atoms with van der Waals surface area (Å²) in [6.07, 6.45) is 2.40. The molecule has 14 heavy (non-hydrogen) atoms. The fourth-order valence-corrected chi connectivity index (χ4v) is 3.92. The Morgan fingerprint density at radius 3 is 2.43 bits per heavy atom. The van der Waals surface area contributed by atoms with E-state index in [0.717, 1.165) is 30.8 Å². The van der Waals surface area contributed by atoms with Crippen molar-refractivity contribution in [3.05, 3.63) is 0 Å². The van der Waals surface area contributed by atoms with Crippen LogP contribution in [0.5, 0.6) is 0 Å². The van der Waals surface area contributed by atoms with Crippen LogP contribution in [-0.2, 0) is 4.74 Å². The van der Waals surface area contributed by atoms with Gasteiger partial charge in [0.25, 0.3) is 0 Å². The number of aliphatic hydroxyl groups excluding tert-OH is 1. The zero-order valence-corrected chi connectivity index (χ0v) is 9.18. The summed E-state index contributed by atoms with van der Waals surface area (Å²) in [5, 5.41) is 20.1. The molecule has 1 unspecified atom stereocenters. The minimum atomic E-state index is -0.657. The molecule has 0 aromatic carbocycles. The molecule has 0 aromatic rings. The maximum atomic E-state index is 10.5. The third-order valence-corrected chi connectivity index (χ3v) is 4.92. The number of hydrogen-bond donors (Lipinski definition) is 2. The number of hydrogen-bond acceptors (Lipinski definition) is 4. The number of ether oxygens (including phenoxy) is 1. The lowest BCUT2D eigenvalue weighted by Crippen LogP contribution is -2.53. The van der Waals surface area contributed by atoms with Crippen LogP contribution >= 0.6 is 11.8 Å². The second kappa shape index (κ2) is 4.00. The molecule has 0 aromatic heterocycles. The van der Waals surface area contributed by atoms with Gasteiger partial charge in [0.05, 0.1) is 12.2 Å². The van der Waals surface area contributed by atoms with Crippen molar-refractivity contribution in [2.75, 3.05) is 31.3 Å². The lowest BCUT2D eigenvalue weighted by atomic mass is 9.67. The van der Waals surface area contributed by atoms with E-state index < -0.39 is 5.60 Å². The molecule has 0 spiro atoms. The average molecular weight is 218 g/mol. The Morgan fingerprint density at radius 1 is 1.21 bits per heavy atom. The SMILES string of the molecule is OCC1(C2(O)CCSC2)CCOCC1. The topological polar surface area (TPSA) is 49.7 Å². The second-order valence-corrected chi connectivity index (χ2v) is 5.49. The third-order valence-electron chi connectivity index (χ3n) is 3.74. The first-order valence-corrected chi connectivity index (χ1v) is 6.37. The third kappa shape index (κ3) is 1.58. The van der Waals surface area contributed by atoms with E-state index in [1.54, 1.807) is 11.8 Å². The van der Waals surface area contributed by atoms with Crippen LogP contribution in [0.15, 0.2) is 0 Å². The van der Waals surface area contributed by atoms with Gasteiger partial charge in [-0.15, -0.1) is 0 Å². The molecule has 2 N–H and O–H groups in total. The van der Waals surface area contributed by atoms with Crippen molar-refractivity contribution in [2.24, 2.45) is 5.41 Å². The van der Waals surface area contributed by atoms with E-state index in [0.29, 0.717) is 13.2 Å². The van der Waals surface area contributed by atoms with Crippen LogP contribution in [-0.4, -0.2) is 47.1 Å². The summed E-state index contributed by atoms with van der Waals surface area (Å²) in [6.45, 7) is 1.44. The van der Waals surface area contributed by atoms with Crippen molar-refractivity contribution in [1.29, 1.82) is 0 Å². The van der Waals surface area contributed by atoms with E-state index in [-0.39, 0.29) is 12.0 Å². The zero-order chi connectivity index (χ0) is 10.1. The summed E-state index contributed by atoms with van der Waals surface area (Å²) in [5.41, 5.74) is -0.953. The van der Waals surface area contributed by atoms with Crippen LogP contribution in [0, 0.1) is 5.41 Å². The summed E-state index contributed by atoms with van der Waals surface area (Å²) in [5.74, 6) is 1.78. The Labute approximate surface area is 88.8 Å².